The van der Waals surface area contributed by atoms with E-state index in [1.165, 1.54) is 22.5 Å². The lowest BCUT2D eigenvalue weighted by molar-refractivity contribution is -0.123. The van der Waals surface area contributed by atoms with Crippen LogP contribution in [0.25, 0.3) is 17.2 Å². The third kappa shape index (κ3) is 4.09. The van der Waals surface area contributed by atoms with Gasteiger partial charge in [-0.05, 0) is 69.1 Å². The molecule has 0 radical (unpaired) electrons. The normalized spacial score (nSPS) is 31.7. The summed E-state index contributed by atoms with van der Waals surface area (Å²) < 4.78 is 5.82. The molecule has 1 amide bonds. The molecule has 0 aromatic carbocycles. The van der Waals surface area contributed by atoms with Gasteiger partial charge >= 0.3 is 0 Å². The summed E-state index contributed by atoms with van der Waals surface area (Å²) in [7, 11) is 0. The highest BCUT2D eigenvalue weighted by Crippen LogP contribution is 2.67. The van der Waals surface area contributed by atoms with Gasteiger partial charge in [0.25, 0.3) is 0 Å². The van der Waals surface area contributed by atoms with E-state index in [1.807, 2.05) is 18.5 Å². The van der Waals surface area contributed by atoms with Crippen molar-refractivity contribution in [3.63, 3.8) is 0 Å². The zero-order valence-corrected chi connectivity index (χ0v) is 22.1. The summed E-state index contributed by atoms with van der Waals surface area (Å²) in [4.78, 5) is 27.6. The molecule has 5 aliphatic rings. The van der Waals surface area contributed by atoms with E-state index in [1.54, 1.807) is 0 Å². The van der Waals surface area contributed by atoms with Gasteiger partial charge in [0, 0.05) is 35.3 Å². The minimum absolute atomic E-state index is 0.00373. The quantitative estimate of drug-likeness (QED) is 0.471. The number of fused-ring (bicyclic) bond motifs is 3. The van der Waals surface area contributed by atoms with Crippen LogP contribution < -0.4 is 10.6 Å². The van der Waals surface area contributed by atoms with Crippen LogP contribution in [0.4, 0.5) is 5.13 Å². The maximum Gasteiger partial charge on any atom is 0.229 e. The number of carbonyl (C=O) groups is 1. The first-order chi connectivity index (χ1) is 18.4. The van der Waals surface area contributed by atoms with Gasteiger partial charge < -0.3 is 15.2 Å². The molecule has 0 aliphatic heterocycles. The van der Waals surface area contributed by atoms with Crippen LogP contribution in [0, 0.1) is 22.7 Å². The fourth-order valence-corrected chi connectivity index (χ4v) is 7.20. The SMILES string of the molecule is C[C@@]12C=Cc3nc(NC(=O)C4CC(NC5(C#N)CC5)C4)sc3C1=C2c1cnc(CO[C@H]2CCC[C@@H]2O)nc1. The zero-order valence-electron chi connectivity index (χ0n) is 21.2. The van der Waals surface area contributed by atoms with Gasteiger partial charge in [-0.15, -0.1) is 0 Å². The van der Waals surface area contributed by atoms with Crippen molar-refractivity contribution >= 4 is 39.6 Å². The van der Waals surface area contributed by atoms with Crippen molar-refractivity contribution in [3.05, 3.63) is 40.4 Å². The van der Waals surface area contributed by atoms with Gasteiger partial charge in [-0.1, -0.05) is 17.4 Å². The summed E-state index contributed by atoms with van der Waals surface area (Å²) >= 11 is 1.52. The van der Waals surface area contributed by atoms with E-state index in [0.29, 0.717) is 17.6 Å². The summed E-state index contributed by atoms with van der Waals surface area (Å²) in [6, 6.07) is 2.60. The Labute approximate surface area is 225 Å². The van der Waals surface area contributed by atoms with E-state index in [9.17, 15) is 15.2 Å². The lowest BCUT2D eigenvalue weighted by Crippen LogP contribution is -2.50. The Morgan fingerprint density at radius 2 is 2.05 bits per heavy atom. The minimum atomic E-state index is -0.391. The molecule has 3 fully saturated rings. The van der Waals surface area contributed by atoms with Crippen LogP contribution in [0.5, 0.6) is 0 Å². The summed E-state index contributed by atoms with van der Waals surface area (Å²) in [6.07, 6.45) is 13.4. The molecule has 0 unspecified atom stereocenters. The number of rotatable bonds is 8. The number of thiazole rings is 1. The van der Waals surface area contributed by atoms with E-state index < -0.39 is 6.10 Å². The minimum Gasteiger partial charge on any atom is -0.390 e. The van der Waals surface area contributed by atoms with Crippen molar-refractivity contribution in [3.8, 4) is 6.07 Å². The number of hydrogen-bond donors (Lipinski definition) is 3. The average Bonchev–Trinajstić information content (AvgIpc) is 3.68. The number of nitriles is 1. The summed E-state index contributed by atoms with van der Waals surface area (Å²) in [5.41, 5.74) is 3.74. The molecule has 3 atom stereocenters. The molecular formula is C28H30N6O3S. The van der Waals surface area contributed by atoms with Gasteiger partial charge in [0.05, 0.1) is 28.8 Å². The molecule has 0 spiro atoms. The van der Waals surface area contributed by atoms with Crippen molar-refractivity contribution < 1.29 is 14.6 Å². The predicted octanol–water partition coefficient (Wildman–Crippen LogP) is 3.68. The molecule has 3 saturated carbocycles. The molecule has 196 valence electrons. The van der Waals surface area contributed by atoms with Crippen molar-refractivity contribution in [1.29, 1.82) is 5.26 Å². The van der Waals surface area contributed by atoms with E-state index in [4.69, 9.17) is 9.72 Å². The average molecular weight is 531 g/mol. The standard InChI is InChI=1S/C28H30N6O3S/c1-27-6-5-18-24(38-26(32-18)33-25(36)15-9-17(10-15)34-28(14-29)7-8-28)23(27)22(27)16-11-30-21(31-12-16)13-37-20-4-2-3-19(20)35/h5-6,11-12,15,17,19-20,34-35H,2-4,7-10,13H2,1H3,(H,32,33,36)/t15?,17?,19-,20-,27-/m0/s1. The fourth-order valence-electron chi connectivity index (χ4n) is 6.08. The van der Waals surface area contributed by atoms with E-state index in [-0.39, 0.29) is 34.9 Å². The number of nitrogens with one attached hydrogen (secondary N) is 2. The highest BCUT2D eigenvalue weighted by atomic mass is 32.1. The number of carbonyl (C=O) groups excluding carboxylic acids is 1. The number of aromatic nitrogens is 3. The van der Waals surface area contributed by atoms with Gasteiger partial charge in [-0.25, -0.2) is 15.0 Å². The zero-order chi connectivity index (χ0) is 26.1. The van der Waals surface area contributed by atoms with Crippen LogP contribution in [0.3, 0.4) is 0 Å². The smallest absolute Gasteiger partial charge is 0.229 e. The number of nitrogens with zero attached hydrogens (tertiary/aromatic N) is 4. The van der Waals surface area contributed by atoms with Crippen LogP contribution in [0.1, 0.15) is 73.8 Å². The first-order valence-electron chi connectivity index (χ1n) is 13.4. The van der Waals surface area contributed by atoms with Gasteiger partial charge in [-0.2, -0.15) is 5.26 Å². The van der Waals surface area contributed by atoms with Crippen LogP contribution in [0.15, 0.2) is 18.5 Å². The lowest BCUT2D eigenvalue weighted by Gasteiger charge is -2.36. The van der Waals surface area contributed by atoms with Crippen molar-refractivity contribution in [2.75, 3.05) is 5.32 Å². The number of anilines is 1. The first-order valence-corrected chi connectivity index (χ1v) is 14.3. The highest BCUT2D eigenvalue weighted by molar-refractivity contribution is 7.17. The molecule has 7 rings (SSSR count). The predicted molar refractivity (Wildman–Crippen MR) is 142 cm³/mol. The van der Waals surface area contributed by atoms with Crippen LogP contribution in [-0.2, 0) is 16.1 Å². The maximum atomic E-state index is 12.8. The fraction of sp³-hybridized carbons (Fsp3) is 0.536. The Morgan fingerprint density at radius 3 is 2.74 bits per heavy atom. The van der Waals surface area contributed by atoms with Crippen molar-refractivity contribution in [2.45, 2.75) is 82.3 Å². The topological polar surface area (TPSA) is 133 Å². The molecular weight excluding hydrogens is 500 g/mol. The second kappa shape index (κ2) is 8.78. The Bertz CT molecular complexity index is 1400. The third-order valence-electron chi connectivity index (χ3n) is 8.70. The molecule has 2 aromatic heterocycles. The Morgan fingerprint density at radius 1 is 1.26 bits per heavy atom. The highest BCUT2D eigenvalue weighted by Gasteiger charge is 2.52. The molecule has 2 aromatic rings. The van der Waals surface area contributed by atoms with E-state index in [0.717, 1.165) is 61.1 Å². The van der Waals surface area contributed by atoms with Crippen molar-refractivity contribution in [2.24, 2.45) is 11.3 Å². The number of hydrogen-bond acceptors (Lipinski definition) is 9. The molecule has 3 N–H and O–H groups in total. The van der Waals surface area contributed by atoms with E-state index in [2.05, 4.69) is 39.7 Å². The van der Waals surface area contributed by atoms with Crippen molar-refractivity contribution in [1.82, 2.24) is 20.3 Å². The Balaban J connectivity index is 1.00. The second-order valence-electron chi connectivity index (χ2n) is 11.4. The monoisotopic (exact) mass is 530 g/mol. The Kier molecular flexibility index (Phi) is 5.57. The maximum absolute atomic E-state index is 12.8. The summed E-state index contributed by atoms with van der Waals surface area (Å²) in [6.45, 7) is 2.48. The van der Waals surface area contributed by atoms with Gasteiger partial charge in [-0.3, -0.25) is 10.1 Å². The van der Waals surface area contributed by atoms with Gasteiger partial charge in [0.2, 0.25) is 5.91 Å². The molecule has 9 nitrogen and oxygen atoms in total. The van der Waals surface area contributed by atoms with Crippen LogP contribution in [-0.4, -0.2) is 49.8 Å². The summed E-state index contributed by atoms with van der Waals surface area (Å²) in [5, 5.41) is 26.3. The molecule has 38 heavy (non-hydrogen) atoms. The lowest BCUT2D eigenvalue weighted by atomic mass is 9.79. The molecule has 0 saturated heterocycles. The number of allylic oxidation sites excluding steroid dienone is 3. The van der Waals surface area contributed by atoms with Gasteiger partial charge in [0.15, 0.2) is 11.0 Å². The molecule has 2 heterocycles. The molecule has 5 aliphatic carbocycles. The molecule has 0 bridgehead atoms. The third-order valence-corrected chi connectivity index (χ3v) is 9.71. The number of aliphatic hydroxyl groups is 1. The first kappa shape index (κ1) is 24.1. The number of ether oxygens (including phenoxy) is 1. The Hall–Kier alpha value is -2.97. The second-order valence-corrected chi connectivity index (χ2v) is 12.4. The molecule has 10 heteroatoms. The number of aliphatic hydroxyl groups excluding tert-OH is 1. The van der Waals surface area contributed by atoms with E-state index >= 15 is 0 Å². The van der Waals surface area contributed by atoms with Gasteiger partial charge in [0.1, 0.15) is 12.1 Å². The number of amides is 1. The summed E-state index contributed by atoms with van der Waals surface area (Å²) in [5.74, 6) is 0.569. The largest absolute Gasteiger partial charge is 0.390 e. The van der Waals surface area contributed by atoms with Crippen LogP contribution >= 0.6 is 11.3 Å². The van der Waals surface area contributed by atoms with Crippen LogP contribution in [0.2, 0.25) is 0 Å².